The van der Waals surface area contributed by atoms with Gasteiger partial charge in [0.05, 0.1) is 24.0 Å². The van der Waals surface area contributed by atoms with Gasteiger partial charge in [-0.1, -0.05) is 0 Å². The minimum atomic E-state index is -0.966. The SMILES string of the molecule is COCCNC(=O)C(C)n1cnc2cc(F)c(F)cc21. The summed E-state index contributed by atoms with van der Waals surface area (Å²) in [5.74, 6) is -2.17. The zero-order valence-electron chi connectivity index (χ0n) is 11.2. The van der Waals surface area contributed by atoms with E-state index in [9.17, 15) is 13.6 Å². The number of carbonyl (C=O) groups is 1. The van der Waals surface area contributed by atoms with E-state index in [4.69, 9.17) is 4.74 Å². The van der Waals surface area contributed by atoms with E-state index >= 15 is 0 Å². The molecule has 1 heterocycles. The van der Waals surface area contributed by atoms with Crippen molar-refractivity contribution < 1.29 is 18.3 Å². The zero-order chi connectivity index (χ0) is 14.7. The number of nitrogens with zero attached hydrogens (tertiary/aromatic N) is 2. The maximum atomic E-state index is 13.3. The largest absolute Gasteiger partial charge is 0.383 e. The van der Waals surface area contributed by atoms with Crippen molar-refractivity contribution in [2.24, 2.45) is 0 Å². The van der Waals surface area contributed by atoms with Crippen LogP contribution in [-0.2, 0) is 9.53 Å². The molecule has 5 nitrogen and oxygen atoms in total. The number of halogens is 2. The second-order valence-electron chi connectivity index (χ2n) is 4.37. The van der Waals surface area contributed by atoms with Gasteiger partial charge in [0, 0.05) is 25.8 Å². The number of amides is 1. The number of aromatic nitrogens is 2. The van der Waals surface area contributed by atoms with Crippen molar-refractivity contribution in [1.82, 2.24) is 14.9 Å². The summed E-state index contributed by atoms with van der Waals surface area (Å²) >= 11 is 0. The molecule has 108 valence electrons. The van der Waals surface area contributed by atoms with Gasteiger partial charge >= 0.3 is 0 Å². The van der Waals surface area contributed by atoms with E-state index in [1.165, 1.54) is 18.0 Å². The molecule has 0 saturated carbocycles. The number of carbonyl (C=O) groups excluding carboxylic acids is 1. The van der Waals surface area contributed by atoms with Gasteiger partial charge in [-0.05, 0) is 6.92 Å². The highest BCUT2D eigenvalue weighted by Gasteiger charge is 2.18. The second-order valence-corrected chi connectivity index (χ2v) is 4.37. The van der Waals surface area contributed by atoms with Crippen LogP contribution >= 0.6 is 0 Å². The first-order valence-electron chi connectivity index (χ1n) is 6.13. The summed E-state index contributed by atoms with van der Waals surface area (Å²) in [4.78, 5) is 15.9. The molecule has 1 amide bonds. The third-order valence-electron chi connectivity index (χ3n) is 3.02. The second kappa shape index (κ2) is 5.96. The Morgan fingerprint density at radius 1 is 1.45 bits per heavy atom. The highest BCUT2D eigenvalue weighted by molar-refractivity contribution is 5.83. The summed E-state index contributed by atoms with van der Waals surface area (Å²) in [5.41, 5.74) is 0.679. The van der Waals surface area contributed by atoms with Crippen molar-refractivity contribution in [3.63, 3.8) is 0 Å². The van der Waals surface area contributed by atoms with E-state index in [1.807, 2.05) is 0 Å². The van der Waals surface area contributed by atoms with Gasteiger partial charge in [-0.15, -0.1) is 0 Å². The molecule has 1 atom stereocenters. The van der Waals surface area contributed by atoms with Crippen molar-refractivity contribution in [2.45, 2.75) is 13.0 Å². The fourth-order valence-electron chi connectivity index (χ4n) is 1.88. The van der Waals surface area contributed by atoms with Crippen LogP contribution < -0.4 is 5.32 Å². The van der Waals surface area contributed by atoms with Crippen molar-refractivity contribution in [3.05, 3.63) is 30.1 Å². The molecule has 0 aliphatic carbocycles. The monoisotopic (exact) mass is 283 g/mol. The fourth-order valence-corrected chi connectivity index (χ4v) is 1.88. The van der Waals surface area contributed by atoms with Gasteiger partial charge in [-0.2, -0.15) is 0 Å². The zero-order valence-corrected chi connectivity index (χ0v) is 11.2. The normalized spacial score (nSPS) is 12.6. The molecule has 0 bridgehead atoms. The molecular weight excluding hydrogens is 268 g/mol. The highest BCUT2D eigenvalue weighted by atomic mass is 19.2. The van der Waals surface area contributed by atoms with Gasteiger partial charge in [0.1, 0.15) is 6.04 Å². The summed E-state index contributed by atoms with van der Waals surface area (Å²) in [6.07, 6.45) is 1.39. The Labute approximate surface area is 114 Å². The van der Waals surface area contributed by atoms with Crippen LogP contribution in [-0.4, -0.2) is 35.7 Å². The van der Waals surface area contributed by atoms with Gasteiger partial charge in [-0.3, -0.25) is 4.79 Å². The van der Waals surface area contributed by atoms with Crippen molar-refractivity contribution in [1.29, 1.82) is 0 Å². The Morgan fingerprint density at radius 2 is 2.15 bits per heavy atom. The van der Waals surface area contributed by atoms with Crippen molar-refractivity contribution in [2.75, 3.05) is 20.3 Å². The van der Waals surface area contributed by atoms with E-state index in [0.29, 0.717) is 24.2 Å². The van der Waals surface area contributed by atoms with Crippen LogP contribution in [0.25, 0.3) is 11.0 Å². The van der Waals surface area contributed by atoms with E-state index in [0.717, 1.165) is 12.1 Å². The Morgan fingerprint density at radius 3 is 2.85 bits per heavy atom. The molecule has 0 radical (unpaired) electrons. The summed E-state index contributed by atoms with van der Waals surface area (Å²) in [6, 6.07) is 1.47. The number of methoxy groups -OCH3 is 1. The standard InChI is InChI=1S/C13H15F2N3O2/c1-8(13(19)16-3-4-20-2)18-7-17-11-5-9(14)10(15)6-12(11)18/h5-8H,3-4H2,1-2H3,(H,16,19). The van der Waals surface area contributed by atoms with Crippen LogP contribution in [0.5, 0.6) is 0 Å². The van der Waals surface area contributed by atoms with Gasteiger partial charge in [0.25, 0.3) is 0 Å². The molecule has 1 N–H and O–H groups in total. The van der Waals surface area contributed by atoms with Crippen LogP contribution in [0.1, 0.15) is 13.0 Å². The molecule has 20 heavy (non-hydrogen) atoms. The predicted octanol–water partition coefficient (Wildman–Crippen LogP) is 1.64. The average Bonchev–Trinajstić information content (AvgIpc) is 2.81. The number of imidazole rings is 1. The van der Waals surface area contributed by atoms with Crippen LogP contribution in [0, 0.1) is 11.6 Å². The molecule has 0 aliphatic heterocycles. The van der Waals surface area contributed by atoms with Crippen LogP contribution in [0.3, 0.4) is 0 Å². The number of hydrogen-bond donors (Lipinski definition) is 1. The molecule has 1 unspecified atom stereocenters. The molecule has 0 aliphatic rings. The quantitative estimate of drug-likeness (QED) is 0.849. The molecule has 0 saturated heterocycles. The first-order valence-corrected chi connectivity index (χ1v) is 6.13. The minimum absolute atomic E-state index is 0.244. The van der Waals surface area contributed by atoms with Crippen LogP contribution in [0.2, 0.25) is 0 Å². The Balaban J connectivity index is 2.24. The minimum Gasteiger partial charge on any atom is -0.383 e. The maximum Gasteiger partial charge on any atom is 0.242 e. The van der Waals surface area contributed by atoms with Gasteiger partial charge in [0.2, 0.25) is 5.91 Å². The van der Waals surface area contributed by atoms with Crippen LogP contribution in [0.15, 0.2) is 18.5 Å². The van der Waals surface area contributed by atoms with E-state index in [-0.39, 0.29) is 5.91 Å². The molecule has 7 heteroatoms. The number of benzene rings is 1. The summed E-state index contributed by atoms with van der Waals surface area (Å²) < 4.78 is 32.7. The molecule has 0 spiro atoms. The topological polar surface area (TPSA) is 56.1 Å². The summed E-state index contributed by atoms with van der Waals surface area (Å²) in [5, 5.41) is 2.68. The Bertz CT molecular complexity index is 627. The third kappa shape index (κ3) is 2.77. The number of nitrogens with one attached hydrogen (secondary N) is 1. The van der Waals surface area contributed by atoms with Gasteiger partial charge in [0.15, 0.2) is 11.6 Å². The smallest absolute Gasteiger partial charge is 0.242 e. The lowest BCUT2D eigenvalue weighted by Crippen LogP contribution is -2.33. The molecule has 1 aromatic carbocycles. The lowest BCUT2D eigenvalue weighted by molar-refractivity contribution is -0.123. The molecule has 0 fully saturated rings. The van der Waals surface area contributed by atoms with E-state index in [2.05, 4.69) is 10.3 Å². The van der Waals surface area contributed by atoms with E-state index in [1.54, 1.807) is 6.92 Å². The summed E-state index contributed by atoms with van der Waals surface area (Å²) in [7, 11) is 1.54. The van der Waals surface area contributed by atoms with Crippen molar-refractivity contribution >= 4 is 16.9 Å². The highest BCUT2D eigenvalue weighted by Crippen LogP contribution is 2.20. The fraction of sp³-hybridized carbons (Fsp3) is 0.385. The van der Waals surface area contributed by atoms with Gasteiger partial charge < -0.3 is 14.6 Å². The molecule has 2 aromatic rings. The molecule has 1 aromatic heterocycles. The first kappa shape index (κ1) is 14.4. The van der Waals surface area contributed by atoms with Crippen LogP contribution in [0.4, 0.5) is 8.78 Å². The Hall–Kier alpha value is -2.02. The lowest BCUT2D eigenvalue weighted by Gasteiger charge is -2.14. The molecular formula is C13H15F2N3O2. The van der Waals surface area contributed by atoms with Gasteiger partial charge in [-0.25, -0.2) is 13.8 Å². The predicted molar refractivity (Wildman–Crippen MR) is 69.2 cm³/mol. The maximum absolute atomic E-state index is 13.3. The lowest BCUT2D eigenvalue weighted by atomic mass is 10.2. The van der Waals surface area contributed by atoms with Crippen molar-refractivity contribution in [3.8, 4) is 0 Å². The number of ether oxygens (including phenoxy) is 1. The summed E-state index contributed by atoms with van der Waals surface area (Å²) in [6.45, 7) is 2.45. The third-order valence-corrected chi connectivity index (χ3v) is 3.02. The number of fused-ring (bicyclic) bond motifs is 1. The number of rotatable bonds is 5. The number of hydrogen-bond acceptors (Lipinski definition) is 3. The molecule has 2 rings (SSSR count). The van der Waals surface area contributed by atoms with E-state index < -0.39 is 17.7 Å². The first-order chi connectivity index (χ1) is 9.54. The Kier molecular flexibility index (Phi) is 4.29. The average molecular weight is 283 g/mol.